The van der Waals surface area contributed by atoms with E-state index in [0.717, 1.165) is 38.2 Å². The molecule has 7 heteroatoms. The van der Waals surface area contributed by atoms with Gasteiger partial charge < -0.3 is 14.8 Å². The van der Waals surface area contributed by atoms with E-state index in [4.69, 9.17) is 9.47 Å². The first-order valence-corrected chi connectivity index (χ1v) is 9.29. The molecule has 2 rings (SSSR count). The van der Waals surface area contributed by atoms with Gasteiger partial charge in [-0.2, -0.15) is 5.10 Å². The molecule has 1 aromatic carbocycles. The van der Waals surface area contributed by atoms with Gasteiger partial charge in [0.05, 0.1) is 12.3 Å². The molecule has 0 aliphatic carbocycles. The van der Waals surface area contributed by atoms with Crippen LogP contribution in [-0.2, 0) is 18.3 Å². The van der Waals surface area contributed by atoms with Gasteiger partial charge in [0.15, 0.2) is 11.6 Å². The first-order chi connectivity index (χ1) is 13.0. The fourth-order valence-electron chi connectivity index (χ4n) is 2.70. The molecule has 0 saturated carbocycles. The minimum Gasteiger partial charge on any atom is -0.491 e. The molecular formula is C20H28FN3O3. The van der Waals surface area contributed by atoms with E-state index in [1.54, 1.807) is 31.3 Å². The summed E-state index contributed by atoms with van der Waals surface area (Å²) in [5.74, 6) is -0.519. The number of unbranched alkanes of at least 4 members (excludes halogenated alkanes) is 2. The standard InChI is InChI=1S/C20H28FN3O3/c1-4-26-11-6-5-7-12-27-18-10-8-9-16(19(18)21)14-22-20(25)17-13-15(2)23-24(17)3/h8-10,13H,4-7,11-12,14H2,1-3H3,(H,22,25). The number of hydrogen-bond donors (Lipinski definition) is 1. The zero-order valence-electron chi connectivity index (χ0n) is 16.3. The Morgan fingerprint density at radius 1 is 1.26 bits per heavy atom. The summed E-state index contributed by atoms with van der Waals surface area (Å²) in [4.78, 5) is 12.2. The maximum atomic E-state index is 14.6. The first-order valence-electron chi connectivity index (χ1n) is 9.29. The van der Waals surface area contributed by atoms with E-state index in [9.17, 15) is 9.18 Å². The summed E-state index contributed by atoms with van der Waals surface area (Å²) < 4.78 is 26.9. The van der Waals surface area contributed by atoms with Gasteiger partial charge in [0.2, 0.25) is 0 Å². The molecule has 0 saturated heterocycles. The van der Waals surface area contributed by atoms with Crippen molar-refractivity contribution in [1.82, 2.24) is 15.1 Å². The number of hydrogen-bond acceptors (Lipinski definition) is 4. The maximum Gasteiger partial charge on any atom is 0.269 e. The van der Waals surface area contributed by atoms with E-state index in [-0.39, 0.29) is 18.2 Å². The quantitative estimate of drug-likeness (QED) is 0.610. The molecule has 0 unspecified atom stereocenters. The summed E-state index contributed by atoms with van der Waals surface area (Å²) in [6.07, 6.45) is 2.79. The van der Waals surface area contributed by atoms with E-state index in [1.807, 2.05) is 13.8 Å². The van der Waals surface area contributed by atoms with Crippen LogP contribution in [0.4, 0.5) is 4.39 Å². The monoisotopic (exact) mass is 377 g/mol. The second kappa shape index (κ2) is 10.7. The van der Waals surface area contributed by atoms with Gasteiger partial charge in [-0.3, -0.25) is 9.48 Å². The third-order valence-electron chi connectivity index (χ3n) is 4.11. The van der Waals surface area contributed by atoms with Gasteiger partial charge >= 0.3 is 0 Å². The highest BCUT2D eigenvalue weighted by Crippen LogP contribution is 2.21. The van der Waals surface area contributed by atoms with Gasteiger partial charge in [0.25, 0.3) is 5.91 Å². The molecule has 0 bridgehead atoms. The summed E-state index contributed by atoms with van der Waals surface area (Å²) in [6.45, 7) is 5.79. The highest BCUT2D eigenvalue weighted by atomic mass is 19.1. The number of benzene rings is 1. The second-order valence-electron chi connectivity index (χ2n) is 6.31. The minimum atomic E-state index is -0.437. The molecule has 0 spiro atoms. The van der Waals surface area contributed by atoms with Gasteiger partial charge in [0.1, 0.15) is 5.69 Å². The van der Waals surface area contributed by atoms with Crippen LogP contribution in [0.1, 0.15) is 47.9 Å². The number of halogens is 1. The van der Waals surface area contributed by atoms with Crippen LogP contribution in [0.3, 0.4) is 0 Å². The SMILES string of the molecule is CCOCCCCCOc1cccc(CNC(=O)c2cc(C)nn2C)c1F. The molecule has 0 atom stereocenters. The third-order valence-corrected chi connectivity index (χ3v) is 4.11. The number of aryl methyl sites for hydroxylation is 2. The van der Waals surface area contributed by atoms with Gasteiger partial charge in [-0.25, -0.2) is 4.39 Å². The number of aromatic nitrogens is 2. The Balaban J connectivity index is 1.83. The van der Waals surface area contributed by atoms with Crippen molar-refractivity contribution in [2.75, 3.05) is 19.8 Å². The summed E-state index contributed by atoms with van der Waals surface area (Å²) in [7, 11) is 1.70. The van der Waals surface area contributed by atoms with Crippen molar-refractivity contribution >= 4 is 5.91 Å². The van der Waals surface area contributed by atoms with Crippen LogP contribution >= 0.6 is 0 Å². The molecule has 1 amide bonds. The van der Waals surface area contributed by atoms with Crippen LogP contribution in [0.5, 0.6) is 5.75 Å². The smallest absolute Gasteiger partial charge is 0.269 e. The average molecular weight is 377 g/mol. The van der Waals surface area contributed by atoms with Crippen LogP contribution in [0.2, 0.25) is 0 Å². The highest BCUT2D eigenvalue weighted by molar-refractivity contribution is 5.92. The third kappa shape index (κ3) is 6.36. The van der Waals surface area contributed by atoms with Crippen molar-refractivity contribution in [3.05, 3.63) is 47.0 Å². The normalized spacial score (nSPS) is 10.8. The van der Waals surface area contributed by atoms with Crippen LogP contribution in [-0.4, -0.2) is 35.5 Å². The summed E-state index contributed by atoms with van der Waals surface area (Å²) in [6, 6.07) is 6.66. The number of nitrogens with zero attached hydrogens (tertiary/aromatic N) is 2. The van der Waals surface area contributed by atoms with E-state index >= 15 is 0 Å². The lowest BCUT2D eigenvalue weighted by molar-refractivity contribution is 0.0941. The molecule has 0 aliphatic rings. The second-order valence-corrected chi connectivity index (χ2v) is 6.31. The predicted molar refractivity (Wildman–Crippen MR) is 101 cm³/mol. The van der Waals surface area contributed by atoms with Crippen LogP contribution in [0, 0.1) is 12.7 Å². The molecule has 1 aromatic heterocycles. The van der Waals surface area contributed by atoms with Gasteiger partial charge in [-0.1, -0.05) is 12.1 Å². The lowest BCUT2D eigenvalue weighted by Crippen LogP contribution is -2.25. The maximum absolute atomic E-state index is 14.6. The Hall–Kier alpha value is -2.41. The highest BCUT2D eigenvalue weighted by Gasteiger charge is 2.14. The number of carbonyl (C=O) groups is 1. The van der Waals surface area contributed by atoms with Gasteiger partial charge in [0, 0.05) is 32.4 Å². The molecule has 1 N–H and O–H groups in total. The molecule has 148 valence electrons. The lowest BCUT2D eigenvalue weighted by Gasteiger charge is -2.11. The van der Waals surface area contributed by atoms with Crippen LogP contribution in [0.15, 0.2) is 24.3 Å². The zero-order chi connectivity index (χ0) is 19.6. The Kier molecular flexibility index (Phi) is 8.26. The summed E-state index contributed by atoms with van der Waals surface area (Å²) in [5, 5.41) is 6.86. The molecule has 0 fully saturated rings. The largest absolute Gasteiger partial charge is 0.491 e. The fourth-order valence-corrected chi connectivity index (χ4v) is 2.70. The Labute approximate surface area is 159 Å². The lowest BCUT2D eigenvalue weighted by atomic mass is 10.2. The Morgan fingerprint density at radius 3 is 2.74 bits per heavy atom. The first kappa shape index (κ1) is 20.9. The van der Waals surface area contributed by atoms with Gasteiger partial charge in [-0.15, -0.1) is 0 Å². The van der Waals surface area contributed by atoms with E-state index in [0.29, 0.717) is 17.9 Å². The number of nitrogens with one attached hydrogen (secondary N) is 1. The van der Waals surface area contributed by atoms with Crippen molar-refractivity contribution in [2.45, 2.75) is 39.7 Å². The average Bonchev–Trinajstić information content (AvgIpc) is 2.99. The molecule has 6 nitrogen and oxygen atoms in total. The predicted octanol–water partition coefficient (Wildman–Crippen LogP) is 3.38. The topological polar surface area (TPSA) is 65.4 Å². The van der Waals surface area contributed by atoms with Gasteiger partial charge in [-0.05, 0) is 45.2 Å². The van der Waals surface area contributed by atoms with Crippen molar-refractivity contribution in [2.24, 2.45) is 7.05 Å². The number of amides is 1. The number of rotatable bonds is 11. The Bertz CT molecular complexity index is 746. The molecule has 2 aromatic rings. The molecule has 1 heterocycles. The van der Waals surface area contributed by atoms with Crippen LogP contribution in [0.25, 0.3) is 0 Å². The Morgan fingerprint density at radius 2 is 2.04 bits per heavy atom. The molecule has 27 heavy (non-hydrogen) atoms. The number of carbonyl (C=O) groups excluding carboxylic acids is 1. The van der Waals surface area contributed by atoms with E-state index < -0.39 is 5.82 Å². The minimum absolute atomic E-state index is 0.0838. The van der Waals surface area contributed by atoms with Crippen molar-refractivity contribution < 1.29 is 18.7 Å². The van der Waals surface area contributed by atoms with Crippen molar-refractivity contribution in [1.29, 1.82) is 0 Å². The van der Waals surface area contributed by atoms with E-state index in [2.05, 4.69) is 10.4 Å². The molecule has 0 aliphatic heterocycles. The summed E-state index contributed by atoms with van der Waals surface area (Å²) in [5.41, 5.74) is 1.58. The summed E-state index contributed by atoms with van der Waals surface area (Å²) >= 11 is 0. The van der Waals surface area contributed by atoms with E-state index in [1.165, 1.54) is 4.68 Å². The van der Waals surface area contributed by atoms with Crippen LogP contribution < -0.4 is 10.1 Å². The van der Waals surface area contributed by atoms with Crippen molar-refractivity contribution in [3.8, 4) is 5.75 Å². The fraction of sp³-hybridized carbons (Fsp3) is 0.500. The number of ether oxygens (including phenoxy) is 2. The molecule has 0 radical (unpaired) electrons. The van der Waals surface area contributed by atoms with Crippen molar-refractivity contribution in [3.63, 3.8) is 0 Å². The molecular weight excluding hydrogens is 349 g/mol. The zero-order valence-corrected chi connectivity index (χ0v) is 16.3.